The molecule has 0 saturated heterocycles. The van der Waals surface area contributed by atoms with E-state index in [4.69, 9.17) is 9.84 Å². The first-order chi connectivity index (χ1) is 7.29. The summed E-state index contributed by atoms with van der Waals surface area (Å²) < 4.78 is 4.91. The molecule has 94 valence electrons. The first-order valence-electron chi connectivity index (χ1n) is 5.08. The van der Waals surface area contributed by atoms with Gasteiger partial charge in [-0.1, -0.05) is 6.92 Å². The van der Waals surface area contributed by atoms with Gasteiger partial charge in [0.25, 0.3) is 0 Å². The molecule has 0 aliphatic heterocycles. The van der Waals surface area contributed by atoms with Crippen LogP contribution in [-0.2, 0) is 9.53 Å². The third-order valence-corrected chi connectivity index (χ3v) is 2.02. The Morgan fingerprint density at radius 3 is 2.44 bits per heavy atom. The highest BCUT2D eigenvalue weighted by atomic mass is 16.5. The summed E-state index contributed by atoms with van der Waals surface area (Å²) in [7, 11) is 1.59. The van der Waals surface area contributed by atoms with Crippen LogP contribution in [0.4, 0.5) is 4.79 Å². The average molecular weight is 232 g/mol. The van der Waals surface area contributed by atoms with Gasteiger partial charge in [-0.2, -0.15) is 0 Å². The fourth-order valence-corrected chi connectivity index (χ4v) is 0.992. The number of urea groups is 1. The Kier molecular flexibility index (Phi) is 5.81. The second-order valence-electron chi connectivity index (χ2n) is 4.33. The Morgan fingerprint density at radius 1 is 1.44 bits per heavy atom. The van der Waals surface area contributed by atoms with Gasteiger partial charge in [-0.3, -0.25) is 0 Å². The molecule has 0 spiro atoms. The molecule has 0 fully saturated rings. The van der Waals surface area contributed by atoms with Gasteiger partial charge in [-0.05, 0) is 19.8 Å². The highest BCUT2D eigenvalue weighted by Gasteiger charge is 2.28. The third-order valence-electron chi connectivity index (χ3n) is 2.02. The minimum absolute atomic E-state index is 0.184. The Bertz CT molecular complexity index is 253. The van der Waals surface area contributed by atoms with Crippen LogP contribution in [0.15, 0.2) is 0 Å². The van der Waals surface area contributed by atoms with Gasteiger partial charge in [0, 0.05) is 13.7 Å². The molecule has 0 saturated carbocycles. The number of carboxylic acid groups (broad SMARTS) is 1. The van der Waals surface area contributed by atoms with E-state index in [1.807, 2.05) is 6.92 Å². The summed E-state index contributed by atoms with van der Waals surface area (Å²) in [5, 5.41) is 13.7. The summed E-state index contributed by atoms with van der Waals surface area (Å²) in [6.07, 6.45) is 0. The molecule has 0 aliphatic carbocycles. The van der Waals surface area contributed by atoms with Crippen LogP contribution >= 0.6 is 0 Å². The molecule has 0 rings (SSSR count). The highest BCUT2D eigenvalue weighted by Crippen LogP contribution is 2.01. The predicted octanol–water partition coefficient (Wildman–Crippen LogP) is 0.431. The fourth-order valence-electron chi connectivity index (χ4n) is 0.992. The monoisotopic (exact) mass is 232 g/mol. The molecule has 0 aliphatic rings. The minimum Gasteiger partial charge on any atom is -0.480 e. The Labute approximate surface area is 95.4 Å². The second kappa shape index (κ2) is 6.32. The van der Waals surface area contributed by atoms with Gasteiger partial charge in [-0.15, -0.1) is 0 Å². The van der Waals surface area contributed by atoms with Gasteiger partial charge >= 0.3 is 12.0 Å². The lowest BCUT2D eigenvalue weighted by molar-refractivity contribution is -0.142. The minimum atomic E-state index is -1.27. The molecule has 0 aromatic carbocycles. The lowest BCUT2D eigenvalue weighted by Crippen LogP contribution is -2.53. The van der Waals surface area contributed by atoms with E-state index in [-0.39, 0.29) is 5.92 Å². The van der Waals surface area contributed by atoms with Crippen molar-refractivity contribution in [2.75, 3.05) is 20.3 Å². The molecule has 2 amide bonds. The number of amides is 2. The molecule has 16 heavy (non-hydrogen) atoms. The van der Waals surface area contributed by atoms with Crippen molar-refractivity contribution in [3.63, 3.8) is 0 Å². The zero-order valence-corrected chi connectivity index (χ0v) is 10.2. The number of carboxylic acids is 1. The maximum absolute atomic E-state index is 11.3. The van der Waals surface area contributed by atoms with Crippen molar-refractivity contribution in [2.24, 2.45) is 5.92 Å². The smallest absolute Gasteiger partial charge is 0.328 e. The maximum atomic E-state index is 11.3. The summed E-state index contributed by atoms with van der Waals surface area (Å²) in [5.41, 5.74) is -1.27. The number of carbonyl (C=O) groups excluding carboxylic acids is 1. The van der Waals surface area contributed by atoms with Crippen molar-refractivity contribution < 1.29 is 19.4 Å². The number of aliphatic carboxylic acids is 1. The van der Waals surface area contributed by atoms with Gasteiger partial charge in [0.2, 0.25) is 0 Å². The topological polar surface area (TPSA) is 87.7 Å². The van der Waals surface area contributed by atoms with E-state index < -0.39 is 17.5 Å². The van der Waals surface area contributed by atoms with E-state index in [9.17, 15) is 9.59 Å². The molecule has 6 nitrogen and oxygen atoms in total. The van der Waals surface area contributed by atoms with Crippen LogP contribution in [0.2, 0.25) is 0 Å². The van der Waals surface area contributed by atoms with Gasteiger partial charge < -0.3 is 20.5 Å². The summed E-state index contributed by atoms with van der Waals surface area (Å²) in [5.74, 6) is -0.892. The number of hydrogen-bond acceptors (Lipinski definition) is 3. The molecule has 0 heterocycles. The number of carbonyl (C=O) groups is 2. The van der Waals surface area contributed by atoms with Crippen LogP contribution in [0, 0.1) is 5.92 Å². The Hall–Kier alpha value is -1.30. The van der Waals surface area contributed by atoms with E-state index in [0.717, 1.165) is 0 Å². The van der Waals surface area contributed by atoms with Crippen molar-refractivity contribution in [1.29, 1.82) is 0 Å². The number of methoxy groups -OCH3 is 1. The Balaban J connectivity index is 3.96. The molecule has 0 bridgehead atoms. The van der Waals surface area contributed by atoms with Gasteiger partial charge in [0.05, 0.1) is 6.61 Å². The SMILES string of the molecule is COCC(C)CNC(=O)NC(C)(C)C(=O)O. The van der Waals surface area contributed by atoms with E-state index in [2.05, 4.69) is 10.6 Å². The van der Waals surface area contributed by atoms with Crippen molar-refractivity contribution >= 4 is 12.0 Å². The van der Waals surface area contributed by atoms with Crippen molar-refractivity contribution in [2.45, 2.75) is 26.3 Å². The van der Waals surface area contributed by atoms with E-state index in [1.54, 1.807) is 7.11 Å². The lowest BCUT2D eigenvalue weighted by atomic mass is 10.1. The maximum Gasteiger partial charge on any atom is 0.328 e. The zero-order valence-electron chi connectivity index (χ0n) is 10.2. The fraction of sp³-hybridized carbons (Fsp3) is 0.800. The van der Waals surface area contributed by atoms with E-state index in [0.29, 0.717) is 13.2 Å². The number of rotatable bonds is 6. The summed E-state index contributed by atoms with van der Waals surface area (Å²) in [4.78, 5) is 22.1. The summed E-state index contributed by atoms with van der Waals surface area (Å²) in [6.45, 7) is 5.76. The highest BCUT2D eigenvalue weighted by molar-refractivity contribution is 5.85. The molecule has 0 aromatic rings. The van der Waals surface area contributed by atoms with E-state index in [1.165, 1.54) is 13.8 Å². The third kappa shape index (κ3) is 5.55. The van der Waals surface area contributed by atoms with Gasteiger partial charge in [0.15, 0.2) is 0 Å². The Morgan fingerprint density at radius 2 is 2.00 bits per heavy atom. The van der Waals surface area contributed by atoms with Crippen LogP contribution in [0.5, 0.6) is 0 Å². The number of ether oxygens (including phenoxy) is 1. The van der Waals surface area contributed by atoms with Gasteiger partial charge in [-0.25, -0.2) is 9.59 Å². The largest absolute Gasteiger partial charge is 0.480 e. The van der Waals surface area contributed by atoms with Crippen molar-refractivity contribution in [1.82, 2.24) is 10.6 Å². The van der Waals surface area contributed by atoms with Crippen LogP contribution in [0.25, 0.3) is 0 Å². The summed E-state index contributed by atoms with van der Waals surface area (Å²) in [6, 6.07) is -0.490. The van der Waals surface area contributed by atoms with Crippen LogP contribution in [-0.4, -0.2) is 42.9 Å². The van der Waals surface area contributed by atoms with Gasteiger partial charge in [0.1, 0.15) is 5.54 Å². The first kappa shape index (κ1) is 14.7. The standard InChI is InChI=1S/C10H20N2O4/c1-7(6-16-4)5-11-9(15)12-10(2,3)8(13)14/h7H,5-6H2,1-4H3,(H,13,14)(H2,11,12,15). The van der Waals surface area contributed by atoms with Crippen LogP contribution in [0.3, 0.4) is 0 Å². The zero-order chi connectivity index (χ0) is 12.8. The first-order valence-corrected chi connectivity index (χ1v) is 5.08. The molecule has 6 heteroatoms. The van der Waals surface area contributed by atoms with Crippen molar-refractivity contribution in [3.8, 4) is 0 Å². The molecular formula is C10H20N2O4. The predicted molar refractivity (Wildman–Crippen MR) is 59.3 cm³/mol. The quantitative estimate of drug-likeness (QED) is 0.619. The second-order valence-corrected chi connectivity index (χ2v) is 4.33. The summed E-state index contributed by atoms with van der Waals surface area (Å²) >= 11 is 0. The average Bonchev–Trinajstić information content (AvgIpc) is 2.14. The van der Waals surface area contributed by atoms with E-state index >= 15 is 0 Å². The molecule has 3 N–H and O–H groups in total. The number of hydrogen-bond donors (Lipinski definition) is 3. The molecule has 0 radical (unpaired) electrons. The normalized spacial score (nSPS) is 13.0. The molecule has 1 unspecified atom stereocenters. The molecular weight excluding hydrogens is 212 g/mol. The van der Waals surface area contributed by atoms with Crippen LogP contribution in [0.1, 0.15) is 20.8 Å². The lowest BCUT2D eigenvalue weighted by Gasteiger charge is -2.21. The number of nitrogens with one attached hydrogen (secondary N) is 2. The van der Waals surface area contributed by atoms with Crippen LogP contribution < -0.4 is 10.6 Å². The molecule has 0 aromatic heterocycles. The van der Waals surface area contributed by atoms with Crippen molar-refractivity contribution in [3.05, 3.63) is 0 Å². The molecule has 1 atom stereocenters.